The minimum absolute atomic E-state index is 0.0848. The fourth-order valence-electron chi connectivity index (χ4n) is 3.11. The van der Waals surface area contributed by atoms with Gasteiger partial charge in [0.1, 0.15) is 0 Å². The zero-order valence-electron chi connectivity index (χ0n) is 11.3. The van der Waals surface area contributed by atoms with Gasteiger partial charge in [-0.3, -0.25) is 9.69 Å². The number of urea groups is 1. The van der Waals surface area contributed by atoms with Crippen molar-refractivity contribution < 1.29 is 9.59 Å². The molecule has 1 saturated heterocycles. The zero-order valence-corrected chi connectivity index (χ0v) is 11.3. The highest BCUT2D eigenvalue weighted by Crippen LogP contribution is 2.38. The molecule has 2 rings (SSSR count). The van der Waals surface area contributed by atoms with Crippen LogP contribution in [-0.4, -0.2) is 29.9 Å². The van der Waals surface area contributed by atoms with Crippen molar-refractivity contribution in [1.82, 2.24) is 10.2 Å². The van der Waals surface area contributed by atoms with Gasteiger partial charge in [-0.15, -0.1) is 0 Å². The molecule has 102 valence electrons. The minimum atomic E-state index is -0.294. The average Bonchev–Trinajstić information content (AvgIpc) is 2.61. The summed E-state index contributed by atoms with van der Waals surface area (Å²) < 4.78 is 0. The molecular formula is C14H24N2O2. The van der Waals surface area contributed by atoms with Crippen LogP contribution in [0.1, 0.15) is 58.3 Å². The molecule has 0 radical (unpaired) electrons. The number of carbonyl (C=O) groups is 2. The topological polar surface area (TPSA) is 49.4 Å². The monoisotopic (exact) mass is 252 g/mol. The smallest absolute Gasteiger partial charge is 0.324 e. The van der Waals surface area contributed by atoms with Gasteiger partial charge in [-0.1, -0.05) is 39.0 Å². The average molecular weight is 252 g/mol. The third-order valence-corrected chi connectivity index (χ3v) is 4.32. The fraction of sp³-hybridized carbons (Fsp3) is 0.857. The van der Waals surface area contributed by atoms with E-state index in [2.05, 4.69) is 12.2 Å². The Balaban J connectivity index is 2.12. The van der Waals surface area contributed by atoms with Crippen LogP contribution in [0.15, 0.2) is 0 Å². The second-order valence-corrected chi connectivity index (χ2v) is 5.66. The number of nitrogens with one attached hydrogen (secondary N) is 1. The lowest BCUT2D eigenvalue weighted by atomic mass is 9.77. The molecule has 1 aliphatic carbocycles. The Bertz CT molecular complexity index is 320. The van der Waals surface area contributed by atoms with Gasteiger partial charge in [0, 0.05) is 13.1 Å². The maximum atomic E-state index is 12.6. The standard InChI is InChI=1S/C14H24N2O2/c1-2-3-10-16-12(17)14(11-15-13(16)18)8-6-4-5-7-9-14/h2-11H2,1H3,(H,15,18). The van der Waals surface area contributed by atoms with Crippen molar-refractivity contribution in [3.8, 4) is 0 Å². The lowest BCUT2D eigenvalue weighted by molar-refractivity contribution is -0.141. The number of nitrogens with zero attached hydrogens (tertiary/aromatic N) is 1. The summed E-state index contributed by atoms with van der Waals surface area (Å²) in [6, 6.07) is -0.191. The van der Waals surface area contributed by atoms with Crippen LogP contribution >= 0.6 is 0 Å². The van der Waals surface area contributed by atoms with Crippen LogP contribution in [0.4, 0.5) is 4.79 Å². The van der Waals surface area contributed by atoms with Crippen LogP contribution in [0.5, 0.6) is 0 Å². The number of imide groups is 1. The Kier molecular flexibility index (Phi) is 4.25. The minimum Gasteiger partial charge on any atom is -0.337 e. The molecule has 3 amide bonds. The van der Waals surface area contributed by atoms with Crippen molar-refractivity contribution in [2.24, 2.45) is 5.41 Å². The van der Waals surface area contributed by atoms with Crippen LogP contribution in [0.25, 0.3) is 0 Å². The van der Waals surface area contributed by atoms with E-state index in [0.29, 0.717) is 13.1 Å². The number of rotatable bonds is 3. The predicted molar refractivity (Wildman–Crippen MR) is 70.2 cm³/mol. The first-order valence-corrected chi connectivity index (χ1v) is 7.29. The fourth-order valence-corrected chi connectivity index (χ4v) is 3.11. The van der Waals surface area contributed by atoms with Crippen molar-refractivity contribution in [1.29, 1.82) is 0 Å². The second kappa shape index (κ2) is 5.72. The third kappa shape index (κ3) is 2.52. The zero-order chi connectivity index (χ0) is 13.0. The molecule has 1 heterocycles. The molecule has 0 aromatic rings. The van der Waals surface area contributed by atoms with E-state index in [-0.39, 0.29) is 17.4 Å². The summed E-state index contributed by atoms with van der Waals surface area (Å²) >= 11 is 0. The van der Waals surface area contributed by atoms with Gasteiger partial charge in [0.15, 0.2) is 0 Å². The lowest BCUT2D eigenvalue weighted by Crippen LogP contribution is -2.60. The Morgan fingerprint density at radius 3 is 2.44 bits per heavy atom. The summed E-state index contributed by atoms with van der Waals surface area (Å²) in [4.78, 5) is 25.9. The van der Waals surface area contributed by atoms with Crippen molar-refractivity contribution in [2.75, 3.05) is 13.1 Å². The molecule has 4 nitrogen and oxygen atoms in total. The Morgan fingerprint density at radius 1 is 1.17 bits per heavy atom. The maximum Gasteiger partial charge on any atom is 0.324 e. The second-order valence-electron chi connectivity index (χ2n) is 5.66. The van der Waals surface area contributed by atoms with Gasteiger partial charge >= 0.3 is 6.03 Å². The third-order valence-electron chi connectivity index (χ3n) is 4.32. The number of amides is 3. The highest BCUT2D eigenvalue weighted by Gasteiger charge is 2.46. The quantitative estimate of drug-likeness (QED) is 0.839. The summed E-state index contributed by atoms with van der Waals surface area (Å²) in [5.41, 5.74) is -0.294. The number of hydrogen-bond acceptors (Lipinski definition) is 2. The first-order valence-electron chi connectivity index (χ1n) is 7.29. The molecule has 1 spiro atoms. The van der Waals surface area contributed by atoms with E-state index in [9.17, 15) is 9.59 Å². The molecule has 2 fully saturated rings. The summed E-state index contributed by atoms with van der Waals surface area (Å²) in [6.45, 7) is 3.20. The lowest BCUT2D eigenvalue weighted by Gasteiger charge is -2.40. The molecule has 0 atom stereocenters. The Hall–Kier alpha value is -1.06. The molecule has 0 unspecified atom stereocenters. The highest BCUT2D eigenvalue weighted by atomic mass is 16.2. The summed E-state index contributed by atoms with van der Waals surface area (Å²) in [5, 5.41) is 2.93. The van der Waals surface area contributed by atoms with Gasteiger partial charge in [-0.25, -0.2) is 4.79 Å². The number of unbranched alkanes of at least 4 members (excludes halogenated alkanes) is 1. The maximum absolute atomic E-state index is 12.6. The van der Waals surface area contributed by atoms with Crippen molar-refractivity contribution in [3.05, 3.63) is 0 Å². The van der Waals surface area contributed by atoms with E-state index < -0.39 is 0 Å². The van der Waals surface area contributed by atoms with Crippen LogP contribution in [0.3, 0.4) is 0 Å². The van der Waals surface area contributed by atoms with Gasteiger partial charge in [0.05, 0.1) is 5.41 Å². The predicted octanol–water partition coefficient (Wildman–Crippen LogP) is 2.68. The largest absolute Gasteiger partial charge is 0.337 e. The van der Waals surface area contributed by atoms with Crippen molar-refractivity contribution >= 4 is 11.9 Å². The van der Waals surface area contributed by atoms with Crippen molar-refractivity contribution in [3.63, 3.8) is 0 Å². The SMILES string of the molecule is CCCCN1C(=O)NCC2(CCCCCC2)C1=O. The first-order chi connectivity index (χ1) is 8.69. The van der Waals surface area contributed by atoms with E-state index in [1.165, 1.54) is 17.7 Å². The molecular weight excluding hydrogens is 228 g/mol. The molecule has 1 N–H and O–H groups in total. The Morgan fingerprint density at radius 2 is 1.83 bits per heavy atom. The molecule has 2 aliphatic rings. The summed E-state index contributed by atoms with van der Waals surface area (Å²) in [5.74, 6) is 0.0848. The molecule has 18 heavy (non-hydrogen) atoms. The normalized spacial score (nSPS) is 23.9. The number of carbonyl (C=O) groups excluding carboxylic acids is 2. The molecule has 0 aromatic carbocycles. The van der Waals surface area contributed by atoms with Crippen LogP contribution in [0, 0.1) is 5.41 Å². The Labute approximate surface area is 109 Å². The van der Waals surface area contributed by atoms with E-state index in [1.807, 2.05) is 0 Å². The van der Waals surface area contributed by atoms with Gasteiger partial charge in [-0.05, 0) is 19.3 Å². The van der Waals surface area contributed by atoms with E-state index >= 15 is 0 Å². The summed E-state index contributed by atoms with van der Waals surface area (Å²) in [7, 11) is 0. The van der Waals surface area contributed by atoms with Crippen LogP contribution < -0.4 is 5.32 Å². The molecule has 1 saturated carbocycles. The van der Waals surface area contributed by atoms with E-state index in [1.54, 1.807) is 0 Å². The molecule has 1 aliphatic heterocycles. The number of hydrogen-bond donors (Lipinski definition) is 1. The van der Waals surface area contributed by atoms with E-state index in [0.717, 1.165) is 38.5 Å². The van der Waals surface area contributed by atoms with Crippen LogP contribution in [-0.2, 0) is 4.79 Å². The van der Waals surface area contributed by atoms with Gasteiger partial charge < -0.3 is 5.32 Å². The molecule has 0 bridgehead atoms. The highest BCUT2D eigenvalue weighted by molar-refractivity contribution is 6.00. The van der Waals surface area contributed by atoms with Gasteiger partial charge in [0.25, 0.3) is 0 Å². The molecule has 4 heteroatoms. The summed E-state index contributed by atoms with van der Waals surface area (Å²) in [6.07, 6.45) is 8.45. The van der Waals surface area contributed by atoms with Crippen LogP contribution in [0.2, 0.25) is 0 Å². The first kappa shape index (κ1) is 13.4. The van der Waals surface area contributed by atoms with E-state index in [4.69, 9.17) is 0 Å². The molecule has 0 aromatic heterocycles. The van der Waals surface area contributed by atoms with Gasteiger partial charge in [0.2, 0.25) is 5.91 Å². The van der Waals surface area contributed by atoms with Gasteiger partial charge in [-0.2, -0.15) is 0 Å². The van der Waals surface area contributed by atoms with Crippen molar-refractivity contribution in [2.45, 2.75) is 58.3 Å².